The van der Waals surface area contributed by atoms with Crippen LogP contribution < -0.4 is 10.6 Å². The van der Waals surface area contributed by atoms with E-state index in [0.717, 1.165) is 12.0 Å². The molecule has 1 saturated heterocycles. The molecule has 88 valence electrons. The molecule has 16 heavy (non-hydrogen) atoms. The predicted octanol–water partition coefficient (Wildman–Crippen LogP) is 2.14. The lowest BCUT2D eigenvalue weighted by molar-refractivity contribution is 0.189. The normalized spacial score (nSPS) is 28.9. The number of nitrogens with one attached hydrogen (secondary N) is 2. The van der Waals surface area contributed by atoms with Crippen molar-refractivity contribution in [2.45, 2.75) is 44.9 Å². The van der Waals surface area contributed by atoms with E-state index in [0.29, 0.717) is 11.8 Å². The van der Waals surface area contributed by atoms with Crippen LogP contribution in [0.2, 0.25) is 0 Å². The standard InChI is InChI=1S/C13H20N2O/c1-9-8-13(2,3)15-12(14-9)10-6-4-5-7-11(10)16/h4-7,9,12,14-16H,8H2,1-3H3. The molecule has 0 spiro atoms. The Kier molecular flexibility index (Phi) is 2.91. The van der Waals surface area contributed by atoms with Gasteiger partial charge in [0.25, 0.3) is 0 Å². The zero-order valence-corrected chi connectivity index (χ0v) is 10.1. The van der Waals surface area contributed by atoms with Gasteiger partial charge in [-0.15, -0.1) is 0 Å². The Labute approximate surface area is 96.9 Å². The van der Waals surface area contributed by atoms with Gasteiger partial charge in [-0.1, -0.05) is 18.2 Å². The van der Waals surface area contributed by atoms with E-state index in [4.69, 9.17) is 0 Å². The fourth-order valence-corrected chi connectivity index (χ4v) is 2.50. The SMILES string of the molecule is CC1CC(C)(C)NC(c2ccccc2O)N1. The highest BCUT2D eigenvalue weighted by atomic mass is 16.3. The molecule has 1 aliphatic heterocycles. The second-order valence-electron chi connectivity index (χ2n) is 5.29. The summed E-state index contributed by atoms with van der Waals surface area (Å²) in [6.07, 6.45) is 1.11. The second kappa shape index (κ2) is 4.07. The molecule has 0 radical (unpaired) electrons. The average Bonchev–Trinajstić information content (AvgIpc) is 2.15. The Balaban J connectivity index is 2.25. The van der Waals surface area contributed by atoms with E-state index in [-0.39, 0.29) is 11.7 Å². The Morgan fingerprint density at radius 3 is 2.62 bits per heavy atom. The van der Waals surface area contributed by atoms with E-state index in [1.165, 1.54) is 0 Å². The third-order valence-electron chi connectivity index (χ3n) is 3.05. The highest BCUT2D eigenvalue weighted by Crippen LogP contribution is 2.28. The van der Waals surface area contributed by atoms with Crippen LogP contribution in [-0.4, -0.2) is 16.7 Å². The third kappa shape index (κ3) is 2.36. The zero-order valence-electron chi connectivity index (χ0n) is 10.1. The molecule has 3 N–H and O–H groups in total. The number of hydrogen-bond donors (Lipinski definition) is 3. The van der Waals surface area contributed by atoms with Gasteiger partial charge in [0.1, 0.15) is 5.75 Å². The highest BCUT2D eigenvalue weighted by Gasteiger charge is 2.32. The first-order valence-electron chi connectivity index (χ1n) is 5.79. The van der Waals surface area contributed by atoms with Gasteiger partial charge in [0, 0.05) is 17.1 Å². The van der Waals surface area contributed by atoms with Crippen molar-refractivity contribution in [3.63, 3.8) is 0 Å². The van der Waals surface area contributed by atoms with Crippen molar-refractivity contribution >= 4 is 0 Å². The van der Waals surface area contributed by atoms with Gasteiger partial charge in [0.2, 0.25) is 0 Å². The van der Waals surface area contributed by atoms with E-state index in [2.05, 4.69) is 31.4 Å². The Hall–Kier alpha value is -1.06. The van der Waals surface area contributed by atoms with Crippen molar-refractivity contribution in [1.29, 1.82) is 0 Å². The number of para-hydroxylation sites is 1. The van der Waals surface area contributed by atoms with Crippen LogP contribution in [0.4, 0.5) is 0 Å². The molecule has 2 unspecified atom stereocenters. The van der Waals surface area contributed by atoms with Crippen LogP contribution in [0.25, 0.3) is 0 Å². The quantitative estimate of drug-likeness (QED) is 0.679. The summed E-state index contributed by atoms with van der Waals surface area (Å²) in [4.78, 5) is 0. The van der Waals surface area contributed by atoms with Gasteiger partial charge in [-0.2, -0.15) is 0 Å². The molecule has 0 saturated carbocycles. The minimum Gasteiger partial charge on any atom is -0.508 e. The summed E-state index contributed by atoms with van der Waals surface area (Å²) in [5.41, 5.74) is 1.01. The van der Waals surface area contributed by atoms with Crippen LogP contribution >= 0.6 is 0 Å². The number of hydrogen-bond acceptors (Lipinski definition) is 3. The van der Waals surface area contributed by atoms with Crippen molar-refractivity contribution in [1.82, 2.24) is 10.6 Å². The molecule has 1 aromatic carbocycles. The molecule has 0 aromatic heterocycles. The average molecular weight is 220 g/mol. The monoisotopic (exact) mass is 220 g/mol. The van der Waals surface area contributed by atoms with Crippen LogP contribution in [0, 0.1) is 0 Å². The van der Waals surface area contributed by atoms with Crippen LogP contribution in [0.5, 0.6) is 5.75 Å². The molecular weight excluding hydrogens is 200 g/mol. The molecule has 1 aliphatic rings. The summed E-state index contributed by atoms with van der Waals surface area (Å²) in [5, 5.41) is 16.8. The molecule has 0 bridgehead atoms. The van der Waals surface area contributed by atoms with Crippen molar-refractivity contribution < 1.29 is 5.11 Å². The Morgan fingerprint density at radius 1 is 1.31 bits per heavy atom. The highest BCUT2D eigenvalue weighted by molar-refractivity contribution is 5.34. The maximum Gasteiger partial charge on any atom is 0.121 e. The molecule has 0 amide bonds. The first-order valence-corrected chi connectivity index (χ1v) is 5.79. The van der Waals surface area contributed by atoms with E-state index in [1.54, 1.807) is 6.07 Å². The first-order chi connectivity index (χ1) is 7.48. The zero-order chi connectivity index (χ0) is 11.8. The van der Waals surface area contributed by atoms with Crippen molar-refractivity contribution in [3.8, 4) is 5.75 Å². The topological polar surface area (TPSA) is 44.3 Å². The molecular formula is C13H20N2O. The molecule has 3 heteroatoms. The molecule has 2 rings (SSSR count). The number of phenolic OH excluding ortho intramolecular Hbond substituents is 1. The number of rotatable bonds is 1. The van der Waals surface area contributed by atoms with E-state index >= 15 is 0 Å². The summed E-state index contributed by atoms with van der Waals surface area (Å²) in [6.45, 7) is 6.56. The van der Waals surface area contributed by atoms with Gasteiger partial charge in [-0.25, -0.2) is 0 Å². The minimum atomic E-state index is 0.0277. The van der Waals surface area contributed by atoms with Gasteiger partial charge in [-0.05, 0) is 33.3 Å². The number of aromatic hydroxyl groups is 1. The second-order valence-corrected chi connectivity index (χ2v) is 5.29. The van der Waals surface area contributed by atoms with Gasteiger partial charge in [-0.3, -0.25) is 10.6 Å². The van der Waals surface area contributed by atoms with Gasteiger partial charge in [0.05, 0.1) is 6.17 Å². The molecule has 3 nitrogen and oxygen atoms in total. The van der Waals surface area contributed by atoms with Gasteiger partial charge in [0.15, 0.2) is 0 Å². The number of benzene rings is 1. The molecule has 1 aromatic rings. The van der Waals surface area contributed by atoms with Crippen LogP contribution in [0.1, 0.15) is 38.9 Å². The van der Waals surface area contributed by atoms with Crippen LogP contribution in [0.15, 0.2) is 24.3 Å². The maximum absolute atomic E-state index is 9.84. The van der Waals surface area contributed by atoms with Gasteiger partial charge >= 0.3 is 0 Å². The third-order valence-corrected chi connectivity index (χ3v) is 3.05. The van der Waals surface area contributed by atoms with Crippen LogP contribution in [-0.2, 0) is 0 Å². The van der Waals surface area contributed by atoms with Crippen molar-refractivity contribution in [3.05, 3.63) is 29.8 Å². The Bertz CT molecular complexity index is 376. The van der Waals surface area contributed by atoms with Crippen molar-refractivity contribution in [2.24, 2.45) is 0 Å². The fraction of sp³-hybridized carbons (Fsp3) is 0.538. The lowest BCUT2D eigenvalue weighted by atomic mass is 9.91. The predicted molar refractivity (Wildman–Crippen MR) is 65.3 cm³/mol. The molecule has 2 atom stereocenters. The summed E-state index contributed by atoms with van der Waals surface area (Å²) in [5.74, 6) is 0.345. The number of phenols is 1. The lowest BCUT2D eigenvalue weighted by Gasteiger charge is -2.41. The molecule has 0 aliphatic carbocycles. The minimum absolute atomic E-state index is 0.0277. The Morgan fingerprint density at radius 2 is 2.00 bits per heavy atom. The molecule has 1 fully saturated rings. The summed E-state index contributed by atoms with van der Waals surface area (Å²) < 4.78 is 0. The molecule has 1 heterocycles. The van der Waals surface area contributed by atoms with E-state index < -0.39 is 0 Å². The lowest BCUT2D eigenvalue weighted by Crippen LogP contribution is -2.57. The first kappa shape index (κ1) is 11.4. The van der Waals surface area contributed by atoms with Crippen LogP contribution in [0.3, 0.4) is 0 Å². The summed E-state index contributed by atoms with van der Waals surface area (Å²) in [6, 6.07) is 7.92. The largest absolute Gasteiger partial charge is 0.508 e. The maximum atomic E-state index is 9.84. The summed E-state index contributed by atoms with van der Waals surface area (Å²) >= 11 is 0. The van der Waals surface area contributed by atoms with Crippen molar-refractivity contribution in [2.75, 3.05) is 0 Å². The van der Waals surface area contributed by atoms with E-state index in [9.17, 15) is 5.11 Å². The van der Waals surface area contributed by atoms with Gasteiger partial charge < -0.3 is 5.11 Å². The summed E-state index contributed by atoms with van der Waals surface area (Å²) in [7, 11) is 0. The smallest absolute Gasteiger partial charge is 0.121 e. The fourth-order valence-electron chi connectivity index (χ4n) is 2.50. The van der Waals surface area contributed by atoms with E-state index in [1.807, 2.05) is 18.2 Å².